The van der Waals surface area contributed by atoms with Crippen molar-refractivity contribution >= 4 is 11.9 Å². The van der Waals surface area contributed by atoms with Crippen molar-refractivity contribution < 1.29 is 14.3 Å². The summed E-state index contributed by atoms with van der Waals surface area (Å²) in [6, 6.07) is 0.905. The van der Waals surface area contributed by atoms with Gasteiger partial charge in [0.05, 0.1) is 12.1 Å². The Bertz CT molecular complexity index is 745. The largest absolute Gasteiger partial charge is 0.458 e. The standard InChI is InChI=1S/C21H30N4O3/c1-11(23)19(27)28-21-7-12-2-13(8-21)6-20(5-12,10-21)17(24)18(26)25-15(9-22)3-14-4-16(14)25/h11-17H,2-8,10,23-24H2,1H3/t11-,12-,13?,14?,15-,16?,17+,20?,21?/m0/s1. The molecular formula is C21H30N4O3. The Kier molecular flexibility index (Phi) is 3.89. The van der Waals surface area contributed by atoms with Crippen molar-refractivity contribution in [1.29, 1.82) is 5.26 Å². The van der Waals surface area contributed by atoms with Crippen LogP contribution in [-0.2, 0) is 14.3 Å². The van der Waals surface area contributed by atoms with Crippen LogP contribution >= 0.6 is 0 Å². The lowest BCUT2D eigenvalue weighted by Crippen LogP contribution is -2.66. The van der Waals surface area contributed by atoms with Crippen LogP contribution in [0, 0.1) is 34.5 Å². The second-order valence-electron chi connectivity index (χ2n) is 10.4. The van der Waals surface area contributed by atoms with Crippen molar-refractivity contribution in [3.05, 3.63) is 0 Å². The molecule has 0 aromatic rings. The van der Waals surface area contributed by atoms with Gasteiger partial charge in [-0.15, -0.1) is 0 Å². The van der Waals surface area contributed by atoms with Crippen molar-refractivity contribution in [1.82, 2.24) is 4.90 Å². The number of likely N-dealkylation sites (tertiary alicyclic amines) is 1. The molecule has 6 fully saturated rings. The third-order valence-corrected chi connectivity index (χ3v) is 8.18. The number of rotatable bonds is 4. The molecule has 0 aromatic carbocycles. The molecule has 5 saturated carbocycles. The smallest absolute Gasteiger partial charge is 0.323 e. The number of carbonyl (C=O) groups is 2. The van der Waals surface area contributed by atoms with E-state index in [4.69, 9.17) is 16.2 Å². The van der Waals surface area contributed by atoms with Crippen molar-refractivity contribution in [2.75, 3.05) is 0 Å². The Hall–Kier alpha value is -1.65. The van der Waals surface area contributed by atoms with Gasteiger partial charge < -0.3 is 21.1 Å². The second kappa shape index (κ2) is 5.93. The normalized spacial score (nSPS) is 47.2. The summed E-state index contributed by atoms with van der Waals surface area (Å²) in [6.07, 6.45) is 7.14. The lowest BCUT2D eigenvalue weighted by molar-refractivity contribution is -0.206. The van der Waals surface area contributed by atoms with E-state index < -0.39 is 17.7 Å². The molecule has 7 nitrogen and oxygen atoms in total. The third-order valence-electron chi connectivity index (χ3n) is 8.18. The number of fused-ring (bicyclic) bond motifs is 1. The highest BCUT2D eigenvalue weighted by Crippen LogP contribution is 2.64. The number of esters is 1. The molecule has 9 atom stereocenters. The average molecular weight is 386 g/mol. The molecule has 4 N–H and O–H groups in total. The molecule has 6 aliphatic rings. The molecule has 28 heavy (non-hydrogen) atoms. The lowest BCUT2D eigenvalue weighted by Gasteiger charge is -2.62. The summed E-state index contributed by atoms with van der Waals surface area (Å²) in [6.45, 7) is 1.65. The molecule has 152 valence electrons. The maximum absolute atomic E-state index is 13.4. The van der Waals surface area contributed by atoms with E-state index in [1.807, 2.05) is 0 Å². The molecule has 4 bridgehead atoms. The molecule has 1 saturated heterocycles. The van der Waals surface area contributed by atoms with Crippen molar-refractivity contribution in [2.45, 2.75) is 88.1 Å². The zero-order chi connectivity index (χ0) is 19.8. The van der Waals surface area contributed by atoms with Gasteiger partial charge in [-0.3, -0.25) is 9.59 Å². The highest BCUT2D eigenvalue weighted by molar-refractivity contribution is 5.84. The molecule has 6 rings (SSSR count). The SMILES string of the molecule is C[C@H](N)C(=O)OC12CC3C[C@H](C1)CC([C@H](N)C(=O)N1C4CC4C[C@H]1C#N)(C3)C2. The van der Waals surface area contributed by atoms with E-state index in [1.165, 1.54) is 0 Å². The summed E-state index contributed by atoms with van der Waals surface area (Å²) >= 11 is 0. The van der Waals surface area contributed by atoms with E-state index in [0.29, 0.717) is 24.2 Å². The summed E-state index contributed by atoms with van der Waals surface area (Å²) < 4.78 is 5.97. The van der Waals surface area contributed by atoms with E-state index in [9.17, 15) is 14.9 Å². The molecule has 0 radical (unpaired) electrons. The summed E-state index contributed by atoms with van der Waals surface area (Å²) in [5, 5.41) is 9.48. The Balaban J connectivity index is 1.40. The first-order valence-electron chi connectivity index (χ1n) is 10.7. The van der Waals surface area contributed by atoms with Crippen LogP contribution in [0.3, 0.4) is 0 Å². The molecular weight excluding hydrogens is 356 g/mol. The number of carbonyl (C=O) groups excluding carboxylic acids is 2. The minimum atomic E-state index is -0.646. The number of piperidine rings is 1. The highest BCUT2D eigenvalue weighted by atomic mass is 16.6. The van der Waals surface area contributed by atoms with Gasteiger partial charge in [-0.2, -0.15) is 5.26 Å². The number of amides is 1. The minimum Gasteiger partial charge on any atom is -0.458 e. The quantitative estimate of drug-likeness (QED) is 0.697. The van der Waals surface area contributed by atoms with Crippen LogP contribution in [0.4, 0.5) is 0 Å². The number of nitriles is 1. The Morgan fingerprint density at radius 1 is 1.14 bits per heavy atom. The minimum absolute atomic E-state index is 0.0628. The summed E-state index contributed by atoms with van der Waals surface area (Å²) in [5.74, 6) is 0.949. The molecule has 0 spiro atoms. The predicted molar refractivity (Wildman–Crippen MR) is 100 cm³/mol. The van der Waals surface area contributed by atoms with Gasteiger partial charge in [0.1, 0.15) is 17.7 Å². The van der Waals surface area contributed by atoms with Crippen LogP contribution in [0.15, 0.2) is 0 Å². The van der Waals surface area contributed by atoms with Gasteiger partial charge in [0.15, 0.2) is 0 Å². The highest BCUT2D eigenvalue weighted by Gasteiger charge is 2.64. The number of ether oxygens (including phenoxy) is 1. The molecule has 5 unspecified atom stereocenters. The van der Waals surface area contributed by atoms with E-state index in [2.05, 4.69) is 6.07 Å². The van der Waals surface area contributed by atoms with E-state index in [1.54, 1.807) is 11.8 Å². The number of hydrogen-bond donors (Lipinski definition) is 2. The molecule has 0 aromatic heterocycles. The van der Waals surface area contributed by atoms with Gasteiger partial charge in [-0.1, -0.05) is 0 Å². The van der Waals surface area contributed by atoms with Crippen LogP contribution in [0.25, 0.3) is 0 Å². The van der Waals surface area contributed by atoms with E-state index in [0.717, 1.165) is 44.9 Å². The van der Waals surface area contributed by atoms with Gasteiger partial charge >= 0.3 is 5.97 Å². The van der Waals surface area contributed by atoms with E-state index >= 15 is 0 Å². The fourth-order valence-corrected chi connectivity index (χ4v) is 7.35. The van der Waals surface area contributed by atoms with Crippen LogP contribution in [0.2, 0.25) is 0 Å². The van der Waals surface area contributed by atoms with Crippen LogP contribution in [-0.4, -0.2) is 46.5 Å². The van der Waals surface area contributed by atoms with Gasteiger partial charge in [0, 0.05) is 6.04 Å². The van der Waals surface area contributed by atoms with Gasteiger partial charge in [-0.05, 0) is 81.5 Å². The third kappa shape index (κ3) is 2.61. The van der Waals surface area contributed by atoms with Gasteiger partial charge in [0.25, 0.3) is 0 Å². The van der Waals surface area contributed by atoms with Crippen molar-refractivity contribution in [3.8, 4) is 6.07 Å². The van der Waals surface area contributed by atoms with Crippen LogP contribution in [0.5, 0.6) is 0 Å². The molecule has 1 amide bonds. The lowest BCUT2D eigenvalue weighted by atomic mass is 9.46. The fraction of sp³-hybridized carbons (Fsp3) is 0.857. The summed E-state index contributed by atoms with van der Waals surface area (Å²) in [4.78, 5) is 27.5. The summed E-state index contributed by atoms with van der Waals surface area (Å²) in [5.41, 5.74) is 11.6. The number of hydrogen-bond acceptors (Lipinski definition) is 6. The zero-order valence-electron chi connectivity index (χ0n) is 16.5. The van der Waals surface area contributed by atoms with Gasteiger partial charge in [-0.25, -0.2) is 0 Å². The van der Waals surface area contributed by atoms with Crippen molar-refractivity contribution in [2.24, 2.45) is 34.6 Å². The first kappa shape index (κ1) is 18.4. The first-order valence-corrected chi connectivity index (χ1v) is 10.7. The molecule has 1 heterocycles. The number of nitrogens with two attached hydrogens (primary N) is 2. The fourth-order valence-electron chi connectivity index (χ4n) is 7.35. The van der Waals surface area contributed by atoms with Crippen molar-refractivity contribution in [3.63, 3.8) is 0 Å². The maximum atomic E-state index is 13.4. The van der Waals surface area contributed by atoms with Crippen LogP contribution in [0.1, 0.15) is 58.3 Å². The predicted octanol–water partition coefficient (Wildman–Crippen LogP) is 1.06. The maximum Gasteiger partial charge on any atom is 0.323 e. The average Bonchev–Trinajstić information content (AvgIpc) is 3.28. The van der Waals surface area contributed by atoms with Crippen LogP contribution < -0.4 is 11.5 Å². The molecule has 1 aliphatic heterocycles. The monoisotopic (exact) mass is 386 g/mol. The topological polar surface area (TPSA) is 122 Å². The zero-order valence-corrected chi connectivity index (χ0v) is 16.5. The number of nitrogens with zero attached hydrogens (tertiary/aromatic N) is 2. The molecule has 5 aliphatic carbocycles. The Morgan fingerprint density at radius 3 is 2.43 bits per heavy atom. The second-order valence-corrected chi connectivity index (χ2v) is 10.4. The molecule has 7 heteroatoms. The first-order chi connectivity index (χ1) is 13.3. The summed E-state index contributed by atoms with van der Waals surface area (Å²) in [7, 11) is 0. The Morgan fingerprint density at radius 2 is 1.82 bits per heavy atom. The Labute approximate surface area is 165 Å². The van der Waals surface area contributed by atoms with Gasteiger partial charge in [0.2, 0.25) is 5.91 Å². The van der Waals surface area contributed by atoms with E-state index in [-0.39, 0.29) is 29.4 Å².